The van der Waals surface area contributed by atoms with Crippen molar-refractivity contribution in [3.8, 4) is 11.5 Å². The molecule has 33 heavy (non-hydrogen) atoms. The highest BCUT2D eigenvalue weighted by molar-refractivity contribution is 5.97. The largest absolute Gasteiger partial charge is 0.507 e. The lowest BCUT2D eigenvalue weighted by Crippen LogP contribution is -2.23. The molecule has 0 fully saturated rings. The van der Waals surface area contributed by atoms with Gasteiger partial charge in [-0.15, -0.1) is 0 Å². The molecule has 0 aromatic heterocycles. The van der Waals surface area contributed by atoms with Gasteiger partial charge in [-0.05, 0) is 67.7 Å². The van der Waals surface area contributed by atoms with Crippen LogP contribution in [0, 0.1) is 6.92 Å². The lowest BCUT2D eigenvalue weighted by Gasteiger charge is -2.17. The van der Waals surface area contributed by atoms with Crippen molar-refractivity contribution in [2.24, 2.45) is 0 Å². The number of aromatic hydroxyl groups is 1. The highest BCUT2D eigenvalue weighted by Gasteiger charge is 2.21. The average Bonchev–Trinajstić information content (AvgIpc) is 2.77. The number of methoxy groups -OCH3 is 1. The summed E-state index contributed by atoms with van der Waals surface area (Å²) in [6.07, 6.45) is 7.21. The first kappa shape index (κ1) is 24.3. The van der Waals surface area contributed by atoms with Crippen LogP contribution in [0.1, 0.15) is 53.2 Å². The first-order valence-electron chi connectivity index (χ1n) is 11.0. The normalized spacial score (nSPS) is 19.5. The molecule has 2 aromatic rings. The molecule has 0 saturated carbocycles. The van der Waals surface area contributed by atoms with E-state index in [-0.39, 0.29) is 17.1 Å². The van der Waals surface area contributed by atoms with Crippen LogP contribution < -0.4 is 4.74 Å². The Morgan fingerprint density at radius 1 is 1.09 bits per heavy atom. The number of esters is 1. The van der Waals surface area contributed by atoms with E-state index in [4.69, 9.17) is 14.2 Å². The fourth-order valence-electron chi connectivity index (χ4n) is 3.61. The molecule has 0 saturated heterocycles. The van der Waals surface area contributed by atoms with Crippen LogP contribution >= 0.6 is 0 Å². The van der Waals surface area contributed by atoms with E-state index in [1.165, 1.54) is 6.08 Å². The van der Waals surface area contributed by atoms with E-state index in [1.807, 2.05) is 43.3 Å². The molecule has 2 atom stereocenters. The summed E-state index contributed by atoms with van der Waals surface area (Å²) in [5, 5.41) is 10.4. The molecule has 2 aromatic carbocycles. The maximum absolute atomic E-state index is 12.8. The minimum atomic E-state index is -0.598. The maximum atomic E-state index is 12.8. The summed E-state index contributed by atoms with van der Waals surface area (Å²) in [5.41, 5.74) is 2.51. The van der Waals surface area contributed by atoms with Gasteiger partial charge in [0.05, 0.1) is 13.7 Å². The Morgan fingerprint density at radius 3 is 2.58 bits per heavy atom. The summed E-state index contributed by atoms with van der Waals surface area (Å²) in [6.45, 7) is 3.90. The molecule has 1 N–H and O–H groups in total. The van der Waals surface area contributed by atoms with Crippen molar-refractivity contribution in [3.63, 3.8) is 0 Å². The Morgan fingerprint density at radius 2 is 1.85 bits per heavy atom. The zero-order chi connectivity index (χ0) is 23.8. The summed E-state index contributed by atoms with van der Waals surface area (Å²) in [6, 6.07) is 10.9. The highest BCUT2D eigenvalue weighted by atomic mass is 16.5. The van der Waals surface area contributed by atoms with Crippen LogP contribution in [0.5, 0.6) is 11.5 Å². The number of aryl methyl sites for hydroxylation is 1. The zero-order valence-corrected chi connectivity index (χ0v) is 19.2. The lowest BCUT2D eigenvalue weighted by atomic mass is 10.0. The zero-order valence-electron chi connectivity index (χ0n) is 19.2. The number of ether oxygens (including phenoxy) is 3. The number of benzene rings is 2. The monoisotopic (exact) mass is 450 g/mol. The van der Waals surface area contributed by atoms with Crippen LogP contribution in [-0.2, 0) is 20.9 Å². The van der Waals surface area contributed by atoms with Crippen LogP contribution in [0.15, 0.2) is 54.6 Å². The third-order valence-electron chi connectivity index (χ3n) is 5.38. The Hall–Kier alpha value is -3.38. The second-order valence-electron chi connectivity index (χ2n) is 8.13. The van der Waals surface area contributed by atoms with Crippen molar-refractivity contribution in [3.05, 3.63) is 76.9 Å². The van der Waals surface area contributed by atoms with Gasteiger partial charge in [-0.25, -0.2) is 4.79 Å². The molecule has 0 bridgehead atoms. The lowest BCUT2D eigenvalue weighted by molar-refractivity contribution is -0.126. The fourth-order valence-corrected chi connectivity index (χ4v) is 3.61. The number of hydrogen-bond acceptors (Lipinski definition) is 6. The molecule has 0 radical (unpaired) electrons. The summed E-state index contributed by atoms with van der Waals surface area (Å²) < 4.78 is 16.6. The first-order valence-corrected chi connectivity index (χ1v) is 11.0. The van der Waals surface area contributed by atoms with Crippen LogP contribution in [0.2, 0.25) is 0 Å². The van der Waals surface area contributed by atoms with E-state index in [2.05, 4.69) is 0 Å². The molecule has 1 aliphatic heterocycles. The van der Waals surface area contributed by atoms with E-state index in [0.717, 1.165) is 16.9 Å². The Labute approximate surface area is 194 Å². The van der Waals surface area contributed by atoms with Gasteiger partial charge < -0.3 is 19.3 Å². The minimum Gasteiger partial charge on any atom is -0.507 e. The molecule has 0 aliphatic carbocycles. The Kier molecular flexibility index (Phi) is 8.44. The van der Waals surface area contributed by atoms with E-state index in [1.54, 1.807) is 32.3 Å². The predicted molar refractivity (Wildman–Crippen MR) is 126 cm³/mol. The number of rotatable bonds is 4. The van der Waals surface area contributed by atoms with Crippen LogP contribution in [-0.4, -0.2) is 36.2 Å². The predicted octanol–water partition coefficient (Wildman–Crippen LogP) is 5.16. The second-order valence-corrected chi connectivity index (χ2v) is 8.13. The van der Waals surface area contributed by atoms with Gasteiger partial charge >= 0.3 is 5.97 Å². The van der Waals surface area contributed by atoms with Crippen LogP contribution in [0.4, 0.5) is 0 Å². The number of hydrogen-bond donors (Lipinski definition) is 1. The minimum absolute atomic E-state index is 0.106. The SMILES string of the molecule is COc1ccc(COC2CCC=Cc3cc(C)cc(O)c3C(=O)OC(C)CC=CC2=O)cc1. The topological polar surface area (TPSA) is 82.1 Å². The van der Waals surface area contributed by atoms with Gasteiger partial charge in [-0.1, -0.05) is 36.4 Å². The van der Waals surface area contributed by atoms with Crippen LogP contribution in [0.3, 0.4) is 0 Å². The van der Waals surface area contributed by atoms with Crippen molar-refractivity contribution in [2.45, 2.75) is 51.9 Å². The van der Waals surface area contributed by atoms with Gasteiger partial charge in [0.25, 0.3) is 0 Å². The van der Waals surface area contributed by atoms with Crippen molar-refractivity contribution in [2.75, 3.05) is 7.11 Å². The number of fused-ring (bicyclic) bond motifs is 1. The summed E-state index contributed by atoms with van der Waals surface area (Å²) in [4.78, 5) is 25.4. The van der Waals surface area contributed by atoms with Gasteiger partial charge in [0.2, 0.25) is 0 Å². The van der Waals surface area contributed by atoms with Gasteiger partial charge in [0.15, 0.2) is 5.78 Å². The Balaban J connectivity index is 1.79. The molecule has 0 amide bonds. The standard InChI is InChI=1S/C27H30O6/c1-18-15-21-8-4-5-10-25(32-17-20-11-13-22(31-3)14-12-20)23(28)9-6-7-19(2)33-27(30)26(21)24(29)16-18/h4,6,8-9,11-16,19,25,29H,5,7,10,17H2,1-3H3. The van der Waals surface area contributed by atoms with E-state index in [0.29, 0.717) is 31.4 Å². The third kappa shape index (κ3) is 6.80. The molecule has 6 nitrogen and oxygen atoms in total. The van der Waals surface area contributed by atoms with Crippen molar-refractivity contribution in [1.29, 1.82) is 0 Å². The van der Waals surface area contributed by atoms with E-state index >= 15 is 0 Å². The summed E-state index contributed by atoms with van der Waals surface area (Å²) in [5.74, 6) is -0.0545. The maximum Gasteiger partial charge on any atom is 0.342 e. The third-order valence-corrected chi connectivity index (χ3v) is 5.38. The van der Waals surface area contributed by atoms with Gasteiger partial charge in [0, 0.05) is 6.42 Å². The molecular formula is C27H30O6. The second kappa shape index (κ2) is 11.5. The molecular weight excluding hydrogens is 420 g/mol. The number of cyclic esters (lactones) is 1. The fraction of sp³-hybridized carbons (Fsp3) is 0.333. The molecule has 174 valence electrons. The number of carbonyl (C=O) groups excluding carboxylic acids is 2. The number of carbonyl (C=O) groups is 2. The van der Waals surface area contributed by atoms with Gasteiger partial charge in [0.1, 0.15) is 29.3 Å². The first-order chi connectivity index (χ1) is 15.9. The number of allylic oxidation sites excluding steroid dienone is 1. The van der Waals surface area contributed by atoms with Gasteiger partial charge in [-0.3, -0.25) is 4.79 Å². The van der Waals surface area contributed by atoms with Crippen LogP contribution in [0.25, 0.3) is 6.08 Å². The molecule has 1 heterocycles. The van der Waals surface area contributed by atoms with E-state index < -0.39 is 18.2 Å². The molecule has 6 heteroatoms. The molecule has 1 aliphatic rings. The number of phenols is 1. The smallest absolute Gasteiger partial charge is 0.342 e. The molecule has 3 rings (SSSR count). The van der Waals surface area contributed by atoms with Crippen molar-refractivity contribution < 1.29 is 28.9 Å². The molecule has 0 spiro atoms. The van der Waals surface area contributed by atoms with Gasteiger partial charge in [-0.2, -0.15) is 0 Å². The summed E-state index contributed by atoms with van der Waals surface area (Å²) >= 11 is 0. The number of ketones is 1. The average molecular weight is 451 g/mol. The molecule has 2 unspecified atom stereocenters. The van der Waals surface area contributed by atoms with Crippen molar-refractivity contribution >= 4 is 17.8 Å². The van der Waals surface area contributed by atoms with E-state index in [9.17, 15) is 14.7 Å². The quantitative estimate of drug-likeness (QED) is 0.648. The highest BCUT2D eigenvalue weighted by Crippen LogP contribution is 2.27. The number of phenolic OH excluding ortho intramolecular Hbond substituents is 1. The summed E-state index contributed by atoms with van der Waals surface area (Å²) in [7, 11) is 1.61. The van der Waals surface area contributed by atoms with Crippen molar-refractivity contribution in [1.82, 2.24) is 0 Å². The Bertz CT molecular complexity index is 1040.